The molecule has 0 unspecified atom stereocenters. The van der Waals surface area contributed by atoms with Crippen LogP contribution in [0.4, 0.5) is 5.82 Å². The smallest absolute Gasteiger partial charge is 0.147 e. The molecule has 0 fully saturated rings. The van der Waals surface area contributed by atoms with Gasteiger partial charge in [0.2, 0.25) is 0 Å². The van der Waals surface area contributed by atoms with E-state index in [4.69, 9.17) is 6.91 Å². The van der Waals surface area contributed by atoms with E-state index in [0.29, 0.717) is 5.82 Å². The highest BCUT2D eigenvalue weighted by atomic mass is 35.5. The van der Waals surface area contributed by atoms with Crippen molar-refractivity contribution in [2.75, 3.05) is 5.73 Å². The number of aromatic nitrogens is 3. The molecule has 2 heterocycles. The van der Waals surface area contributed by atoms with Gasteiger partial charge >= 0.3 is 0 Å². The molecule has 0 aliphatic carbocycles. The fourth-order valence-electron chi connectivity index (χ4n) is 0.892. The summed E-state index contributed by atoms with van der Waals surface area (Å²) >= 11 is 3.89. The molecule has 0 radical (unpaired) electrons. The van der Waals surface area contributed by atoms with Crippen LogP contribution in [0.2, 0.25) is 0 Å². The van der Waals surface area contributed by atoms with Crippen LogP contribution in [0.25, 0.3) is 11.0 Å². The summed E-state index contributed by atoms with van der Waals surface area (Å²) in [4.78, 5) is 10.7. The standard InChI is InChI=1S/C6H6N4.ClH/c7-5-4-1-2-8-6(4)10-3-9-5;/h1-3H,(H3,7,8,9,10);1H/i/hD. The van der Waals surface area contributed by atoms with Crippen LogP contribution in [0.1, 0.15) is 0 Å². The lowest BCUT2D eigenvalue weighted by Gasteiger charge is -1.90. The Morgan fingerprint density at radius 1 is 1.55 bits per heavy atom. The zero-order chi connectivity index (χ0) is 8.97. The zero-order valence-corrected chi connectivity index (χ0v) is 6.34. The molecule has 3 N–H and O–H groups in total. The number of nitrogen functional groups attached to an aromatic ring is 1. The molecule has 58 valence electrons. The van der Waals surface area contributed by atoms with Crippen LogP contribution in [0.5, 0.6) is 0 Å². The van der Waals surface area contributed by atoms with Crippen molar-refractivity contribution in [1.29, 1.82) is 1.17 Å². The number of rotatable bonds is 0. The Kier molecular flexibility index (Phi) is 1.61. The van der Waals surface area contributed by atoms with Gasteiger partial charge in [-0.05, 0) is 6.07 Å². The second-order valence-electron chi connectivity index (χ2n) is 2.00. The molecule has 2 rings (SSSR count). The third kappa shape index (κ3) is 1.12. The van der Waals surface area contributed by atoms with E-state index in [1.807, 2.05) is 6.07 Å². The van der Waals surface area contributed by atoms with E-state index in [9.17, 15) is 0 Å². The maximum atomic E-state index is 5.53. The minimum atomic E-state index is 0.520. The van der Waals surface area contributed by atoms with Crippen molar-refractivity contribution in [1.82, 2.24) is 15.0 Å². The normalized spacial score (nSPS) is 10.1. The largest absolute Gasteiger partial charge is 0.383 e. The summed E-state index contributed by atoms with van der Waals surface area (Å²) < 4.78 is 5.22. The first-order chi connectivity index (χ1) is 5.88. The van der Waals surface area contributed by atoms with Crippen LogP contribution in [-0.4, -0.2) is 16.1 Å². The monoisotopic (exact) mass is 171 g/mol. The zero-order valence-electron chi connectivity index (χ0n) is 6.58. The Bertz CT molecular complexity index is 361. The molecular weight excluding hydrogens is 164 g/mol. The highest BCUT2D eigenvalue weighted by Crippen LogP contribution is 2.12. The highest BCUT2D eigenvalue weighted by molar-refractivity contribution is 5.85. The van der Waals surface area contributed by atoms with Gasteiger partial charge in [-0.25, -0.2) is 9.97 Å². The Labute approximate surface area is 70.4 Å². The molecule has 0 saturated heterocycles. The average Bonchev–Trinajstić information content (AvgIpc) is 2.57. The lowest BCUT2D eigenvalue weighted by molar-refractivity contribution is 1.21. The fourth-order valence-corrected chi connectivity index (χ4v) is 0.892. The van der Waals surface area contributed by atoms with Gasteiger partial charge in [0.05, 0.1) is 5.39 Å². The van der Waals surface area contributed by atoms with Crippen molar-refractivity contribution in [3.8, 4) is 0 Å². The van der Waals surface area contributed by atoms with E-state index in [1.165, 1.54) is 6.33 Å². The maximum Gasteiger partial charge on any atom is 0.147 e. The predicted octanol–water partition coefficient (Wildman–Crippen LogP) is 0.962. The molecule has 0 bridgehead atoms. The van der Waals surface area contributed by atoms with Gasteiger partial charge in [-0.1, -0.05) is 0 Å². The van der Waals surface area contributed by atoms with E-state index in [0.717, 1.165) is 11.0 Å². The van der Waals surface area contributed by atoms with E-state index in [1.54, 1.807) is 6.20 Å². The van der Waals surface area contributed by atoms with Crippen LogP contribution in [0.15, 0.2) is 18.6 Å². The number of nitrogens with one attached hydrogen (secondary N) is 1. The first-order valence-corrected chi connectivity index (χ1v) is 2.91. The summed E-state index contributed by atoms with van der Waals surface area (Å²) in [5.74, 6) is 0.520. The summed E-state index contributed by atoms with van der Waals surface area (Å²) in [7, 11) is 0. The topological polar surface area (TPSA) is 67.6 Å². The van der Waals surface area contributed by atoms with Gasteiger partial charge in [-0.3, -0.25) is 0 Å². The third-order valence-electron chi connectivity index (χ3n) is 1.38. The highest BCUT2D eigenvalue weighted by Gasteiger charge is 1.97. The van der Waals surface area contributed by atoms with Gasteiger partial charge in [0.15, 0.2) is 0 Å². The van der Waals surface area contributed by atoms with Crippen molar-refractivity contribution < 1.29 is 0 Å². The van der Waals surface area contributed by atoms with Gasteiger partial charge in [0.25, 0.3) is 0 Å². The minimum absolute atomic E-state index is 0.520. The quantitative estimate of drug-likeness (QED) is 0.621. The number of aromatic amines is 1. The van der Waals surface area contributed by atoms with Crippen LogP contribution in [-0.2, 0) is 0 Å². The summed E-state index contributed by atoms with van der Waals surface area (Å²) in [6.07, 6.45) is 3.23. The molecule has 0 amide bonds. The first-order valence-electron chi connectivity index (χ1n) is 3.29. The maximum absolute atomic E-state index is 5.53. The first kappa shape index (κ1) is 6.42. The Morgan fingerprint density at radius 2 is 2.36 bits per heavy atom. The van der Waals surface area contributed by atoms with Crippen molar-refractivity contribution in [2.24, 2.45) is 0 Å². The Hall–Kier alpha value is -1.29. The molecule has 0 aliphatic heterocycles. The molecule has 4 nitrogen and oxygen atoms in total. The summed E-state index contributed by atoms with van der Waals surface area (Å²) in [5.41, 5.74) is 6.31. The van der Waals surface area contributed by atoms with Crippen LogP contribution in [0, 0.1) is 0 Å². The molecule has 11 heavy (non-hydrogen) atoms. The molecule has 0 saturated carbocycles. The average molecular weight is 172 g/mol. The second kappa shape index (κ2) is 2.75. The lowest BCUT2D eigenvalue weighted by Crippen LogP contribution is -1.90. The number of fused-ring (bicyclic) bond motifs is 1. The number of nitrogens with zero attached hydrogens (tertiary/aromatic N) is 2. The Morgan fingerprint density at radius 3 is 3.09 bits per heavy atom. The van der Waals surface area contributed by atoms with E-state index < -0.39 is 0 Å². The number of H-pyrrole nitrogens is 1. The van der Waals surface area contributed by atoms with Gasteiger partial charge < -0.3 is 10.7 Å². The van der Waals surface area contributed by atoms with E-state index in [2.05, 4.69) is 27.3 Å². The van der Waals surface area contributed by atoms with Crippen molar-refractivity contribution in [2.45, 2.75) is 0 Å². The van der Waals surface area contributed by atoms with Gasteiger partial charge in [-0.15, -0.1) is 12.3 Å². The van der Waals surface area contributed by atoms with Crippen LogP contribution < -0.4 is 5.73 Å². The number of halogens is 1. The molecule has 2 aromatic heterocycles. The summed E-state index contributed by atoms with van der Waals surface area (Å²) in [5, 5.41) is 0.877. The van der Waals surface area contributed by atoms with Gasteiger partial charge in [0.1, 0.15) is 19.0 Å². The Balaban J connectivity index is 0.000000336. The molecule has 0 aromatic carbocycles. The minimum Gasteiger partial charge on any atom is -0.383 e. The second-order valence-corrected chi connectivity index (χ2v) is 2.00. The molecule has 0 spiro atoms. The summed E-state index contributed by atoms with van der Waals surface area (Å²) in [6, 6.07) is 1.85. The molecule has 0 aliphatic rings. The predicted molar refractivity (Wildman–Crippen MR) is 45.5 cm³/mol. The van der Waals surface area contributed by atoms with Crippen LogP contribution in [0.3, 0.4) is 0 Å². The fraction of sp³-hybridized carbons (Fsp3) is 0. The molecular formula is C6H7ClN4. The van der Waals surface area contributed by atoms with Gasteiger partial charge in [-0.2, -0.15) is 0 Å². The number of hydrogen-bond acceptors (Lipinski definition) is 3. The van der Waals surface area contributed by atoms with Crippen molar-refractivity contribution in [3.63, 3.8) is 0 Å². The van der Waals surface area contributed by atoms with E-state index in [-0.39, 0.29) is 0 Å². The molecule has 5 heteroatoms. The SMILES string of the molecule is Nc1ncnc2[nH]ccc12.[2H]Cl. The van der Waals surface area contributed by atoms with Crippen molar-refractivity contribution in [3.05, 3.63) is 18.6 Å². The van der Waals surface area contributed by atoms with Crippen molar-refractivity contribution >= 4 is 29.2 Å². The summed E-state index contributed by atoms with van der Waals surface area (Å²) in [6.45, 7) is 0. The van der Waals surface area contributed by atoms with Gasteiger partial charge in [0, 0.05) is 6.20 Å². The van der Waals surface area contributed by atoms with E-state index >= 15 is 0 Å². The number of nitrogens with two attached hydrogens (primary N) is 1. The lowest BCUT2D eigenvalue weighted by atomic mass is 10.4. The number of anilines is 1. The molecule has 0 atom stereocenters. The molecule has 2 aromatic rings. The third-order valence-corrected chi connectivity index (χ3v) is 1.38. The van der Waals surface area contributed by atoms with Crippen LogP contribution >= 0.6 is 12.3 Å². The number of hydrogen-bond donors (Lipinski definition) is 2.